The van der Waals surface area contributed by atoms with Crippen LogP contribution in [-0.4, -0.2) is 21.6 Å². The summed E-state index contributed by atoms with van der Waals surface area (Å²) in [4.78, 5) is 24.8. The third-order valence-corrected chi connectivity index (χ3v) is 4.85. The number of anilines is 1. The van der Waals surface area contributed by atoms with Crippen molar-refractivity contribution in [2.75, 3.05) is 5.32 Å². The number of allylic oxidation sites excluding steroid dienone is 3. The van der Waals surface area contributed by atoms with E-state index >= 15 is 0 Å². The molecule has 2 N–H and O–H groups in total. The first-order chi connectivity index (χ1) is 14.9. The normalized spacial score (nSPS) is 11.3. The second-order valence-electron chi connectivity index (χ2n) is 6.56. The molecule has 31 heavy (non-hydrogen) atoms. The maximum atomic E-state index is 12.4. The Kier molecular flexibility index (Phi) is 6.85. The van der Waals surface area contributed by atoms with Gasteiger partial charge in [0, 0.05) is 29.8 Å². The molecule has 156 valence electrons. The number of aromatic nitrogens is 2. The van der Waals surface area contributed by atoms with Gasteiger partial charge in [-0.15, -0.1) is 0 Å². The first kappa shape index (κ1) is 21.8. The second kappa shape index (κ2) is 9.73. The van der Waals surface area contributed by atoms with Gasteiger partial charge >= 0.3 is 0 Å². The van der Waals surface area contributed by atoms with Gasteiger partial charge in [0.15, 0.2) is 0 Å². The van der Waals surface area contributed by atoms with Crippen LogP contribution in [0.2, 0.25) is 0 Å². The van der Waals surface area contributed by atoms with Crippen LogP contribution in [-0.2, 0) is 7.05 Å². The van der Waals surface area contributed by atoms with E-state index in [1.807, 2.05) is 6.07 Å². The number of nitrogens with zero attached hydrogens (tertiary/aromatic N) is 2. The number of nitrogens with one attached hydrogen (secondary N) is 2. The molecule has 0 spiro atoms. The average molecular weight is 433 g/mol. The highest BCUT2D eigenvalue weighted by atomic mass is 35.5. The van der Waals surface area contributed by atoms with Crippen LogP contribution in [0, 0.1) is 0 Å². The van der Waals surface area contributed by atoms with E-state index < -0.39 is 0 Å². The maximum Gasteiger partial charge on any atom is 0.256 e. The maximum absolute atomic E-state index is 12.4. The molecule has 0 bridgehead atoms. The summed E-state index contributed by atoms with van der Waals surface area (Å²) in [5, 5.41) is 10.3. The van der Waals surface area contributed by atoms with Crippen LogP contribution < -0.4 is 10.6 Å². The van der Waals surface area contributed by atoms with Crippen molar-refractivity contribution in [3.05, 3.63) is 108 Å². The van der Waals surface area contributed by atoms with E-state index in [1.165, 1.54) is 12.2 Å². The zero-order valence-corrected chi connectivity index (χ0v) is 17.7. The van der Waals surface area contributed by atoms with Gasteiger partial charge in [-0.25, -0.2) is 0 Å². The number of aryl methyl sites for hydroxylation is 1. The van der Waals surface area contributed by atoms with Gasteiger partial charge in [-0.1, -0.05) is 55.1 Å². The predicted octanol–water partition coefficient (Wildman–Crippen LogP) is 4.89. The van der Waals surface area contributed by atoms with E-state index in [1.54, 1.807) is 66.3 Å². The lowest BCUT2D eigenvalue weighted by Gasteiger charge is -2.07. The molecule has 0 aliphatic heterocycles. The Labute approximate surface area is 185 Å². The minimum Gasteiger partial charge on any atom is -0.321 e. The smallest absolute Gasteiger partial charge is 0.256 e. The van der Waals surface area contributed by atoms with Crippen molar-refractivity contribution < 1.29 is 9.59 Å². The standard InChI is InChI=1S/C24H21ClN4O2/c1-4-19(25)20(5-2)26-23(30)18-13-11-16(12-14-18)21-15-22(29(3)28-21)27-24(31)17-9-7-6-8-10-17/h4-15H,1-2H2,3H3,(H,26,30)(H,27,31)/b20-19-. The molecule has 2 aromatic carbocycles. The van der Waals surface area contributed by atoms with Crippen LogP contribution >= 0.6 is 11.6 Å². The molecule has 0 aliphatic carbocycles. The first-order valence-corrected chi connectivity index (χ1v) is 9.77. The van der Waals surface area contributed by atoms with Crippen LogP contribution in [0.3, 0.4) is 0 Å². The Balaban J connectivity index is 1.75. The Morgan fingerprint density at radius 1 is 0.968 bits per heavy atom. The van der Waals surface area contributed by atoms with E-state index in [-0.39, 0.29) is 11.8 Å². The fourth-order valence-electron chi connectivity index (χ4n) is 2.81. The Morgan fingerprint density at radius 3 is 2.23 bits per heavy atom. The minimum atomic E-state index is -0.321. The van der Waals surface area contributed by atoms with Gasteiger partial charge in [-0.05, 0) is 36.4 Å². The molecule has 0 unspecified atom stereocenters. The molecule has 1 heterocycles. The highest BCUT2D eigenvalue weighted by Gasteiger charge is 2.13. The van der Waals surface area contributed by atoms with Crippen molar-refractivity contribution in [2.24, 2.45) is 7.05 Å². The molecule has 0 fully saturated rings. The highest BCUT2D eigenvalue weighted by molar-refractivity contribution is 6.31. The van der Waals surface area contributed by atoms with Gasteiger partial charge in [0.25, 0.3) is 11.8 Å². The van der Waals surface area contributed by atoms with Gasteiger partial charge in [0.2, 0.25) is 0 Å². The largest absolute Gasteiger partial charge is 0.321 e. The summed E-state index contributed by atoms with van der Waals surface area (Å²) in [5.74, 6) is 0.0233. The number of hydrogen-bond acceptors (Lipinski definition) is 3. The highest BCUT2D eigenvalue weighted by Crippen LogP contribution is 2.22. The van der Waals surface area contributed by atoms with Crippen molar-refractivity contribution in [1.82, 2.24) is 15.1 Å². The summed E-state index contributed by atoms with van der Waals surface area (Å²) in [6.45, 7) is 7.21. The van der Waals surface area contributed by atoms with Crippen LogP contribution in [0.15, 0.2) is 96.7 Å². The van der Waals surface area contributed by atoms with Gasteiger partial charge in [-0.3, -0.25) is 14.3 Å². The van der Waals surface area contributed by atoms with E-state index in [2.05, 4.69) is 28.9 Å². The summed E-state index contributed by atoms with van der Waals surface area (Å²) >= 11 is 6.00. The minimum absolute atomic E-state index is 0.216. The second-order valence-corrected chi connectivity index (χ2v) is 6.97. The van der Waals surface area contributed by atoms with Crippen molar-refractivity contribution in [2.45, 2.75) is 0 Å². The summed E-state index contributed by atoms with van der Waals surface area (Å²) in [6.07, 6.45) is 2.88. The fourth-order valence-corrected chi connectivity index (χ4v) is 2.93. The quantitative estimate of drug-likeness (QED) is 0.522. The number of halogens is 1. The average Bonchev–Trinajstić information content (AvgIpc) is 3.17. The number of amides is 2. The van der Waals surface area contributed by atoms with E-state index in [4.69, 9.17) is 11.6 Å². The van der Waals surface area contributed by atoms with Crippen LogP contribution in [0.1, 0.15) is 20.7 Å². The van der Waals surface area contributed by atoms with E-state index in [0.29, 0.717) is 33.4 Å². The van der Waals surface area contributed by atoms with Gasteiger partial charge in [0.1, 0.15) is 5.82 Å². The third-order valence-electron chi connectivity index (χ3n) is 4.49. The molecule has 0 atom stereocenters. The van der Waals surface area contributed by atoms with Gasteiger partial charge < -0.3 is 10.6 Å². The number of benzene rings is 2. The summed E-state index contributed by atoms with van der Waals surface area (Å²) in [7, 11) is 1.75. The molecule has 0 aliphatic rings. The molecule has 2 amide bonds. The zero-order valence-electron chi connectivity index (χ0n) is 16.9. The van der Waals surface area contributed by atoms with Crippen LogP contribution in [0.5, 0.6) is 0 Å². The lowest BCUT2D eigenvalue weighted by atomic mass is 10.1. The topological polar surface area (TPSA) is 76.0 Å². The summed E-state index contributed by atoms with van der Waals surface area (Å²) < 4.78 is 1.59. The van der Waals surface area contributed by atoms with Crippen molar-refractivity contribution >= 4 is 29.2 Å². The first-order valence-electron chi connectivity index (χ1n) is 9.39. The molecule has 1 aromatic heterocycles. The molecule has 3 aromatic rings. The summed E-state index contributed by atoms with van der Waals surface area (Å²) in [5.41, 5.74) is 2.86. The Morgan fingerprint density at radius 2 is 1.61 bits per heavy atom. The Bertz CT molecular complexity index is 1160. The van der Waals surface area contributed by atoms with Crippen molar-refractivity contribution in [3.8, 4) is 11.3 Å². The SMILES string of the molecule is C=C/C(Cl)=C(\C=C)NC(=O)c1ccc(-c2cc(NC(=O)c3ccccc3)n(C)n2)cc1. The lowest BCUT2D eigenvalue weighted by Crippen LogP contribution is -2.22. The van der Waals surface area contributed by atoms with Gasteiger partial charge in [-0.2, -0.15) is 5.10 Å². The molecular formula is C24H21ClN4O2. The molecule has 6 nitrogen and oxygen atoms in total. The molecule has 0 saturated heterocycles. The van der Waals surface area contributed by atoms with Crippen LogP contribution in [0.25, 0.3) is 11.3 Å². The van der Waals surface area contributed by atoms with E-state index in [9.17, 15) is 9.59 Å². The monoisotopic (exact) mass is 432 g/mol. The zero-order chi connectivity index (χ0) is 22.4. The number of rotatable bonds is 7. The predicted molar refractivity (Wildman–Crippen MR) is 124 cm³/mol. The molecule has 3 rings (SSSR count). The fraction of sp³-hybridized carbons (Fsp3) is 0.0417. The lowest BCUT2D eigenvalue weighted by molar-refractivity contribution is 0.0966. The van der Waals surface area contributed by atoms with Crippen LogP contribution in [0.4, 0.5) is 5.82 Å². The number of hydrogen-bond donors (Lipinski definition) is 2. The van der Waals surface area contributed by atoms with Crippen molar-refractivity contribution in [1.29, 1.82) is 0 Å². The summed E-state index contributed by atoms with van der Waals surface area (Å²) in [6, 6.07) is 17.7. The Hall–Kier alpha value is -3.90. The molecule has 0 radical (unpaired) electrons. The number of carbonyl (C=O) groups is 2. The molecular weight excluding hydrogens is 412 g/mol. The third kappa shape index (κ3) is 5.18. The van der Waals surface area contributed by atoms with E-state index in [0.717, 1.165) is 5.56 Å². The van der Waals surface area contributed by atoms with Crippen molar-refractivity contribution in [3.63, 3.8) is 0 Å². The molecule has 7 heteroatoms. The number of carbonyl (C=O) groups excluding carboxylic acids is 2. The van der Waals surface area contributed by atoms with Gasteiger partial charge in [0.05, 0.1) is 16.4 Å². The molecule has 0 saturated carbocycles.